The van der Waals surface area contributed by atoms with Gasteiger partial charge in [-0.15, -0.1) is 11.3 Å². The Kier molecular flexibility index (Phi) is 4.11. The van der Waals surface area contributed by atoms with Gasteiger partial charge in [-0.25, -0.2) is 9.37 Å². The summed E-state index contributed by atoms with van der Waals surface area (Å²) in [6.45, 7) is 1.81. The highest BCUT2D eigenvalue weighted by molar-refractivity contribution is 7.13. The van der Waals surface area contributed by atoms with Crippen molar-refractivity contribution in [2.75, 3.05) is 12.4 Å². The van der Waals surface area contributed by atoms with Crippen LogP contribution < -0.4 is 5.32 Å². The van der Waals surface area contributed by atoms with Crippen molar-refractivity contribution in [2.45, 2.75) is 13.3 Å². The number of methoxy groups -OCH3 is 1. The molecule has 0 amide bonds. The Morgan fingerprint density at radius 3 is 3.00 bits per heavy atom. The number of thiazole rings is 1. The number of hydrogen-bond donors (Lipinski definition) is 1. The summed E-state index contributed by atoms with van der Waals surface area (Å²) in [4.78, 5) is 15.4. The fourth-order valence-electron chi connectivity index (χ4n) is 1.55. The summed E-state index contributed by atoms with van der Waals surface area (Å²) < 4.78 is 17.6. The van der Waals surface area contributed by atoms with Crippen LogP contribution in [0.25, 0.3) is 0 Å². The molecule has 0 unspecified atom stereocenters. The molecule has 0 spiro atoms. The van der Waals surface area contributed by atoms with Crippen LogP contribution in [0, 0.1) is 12.7 Å². The molecule has 4 nitrogen and oxygen atoms in total. The van der Waals surface area contributed by atoms with Crippen LogP contribution in [-0.2, 0) is 16.0 Å². The third kappa shape index (κ3) is 3.51. The number of aromatic nitrogens is 1. The molecule has 1 heterocycles. The monoisotopic (exact) mass is 280 g/mol. The maximum absolute atomic E-state index is 13.0. The minimum absolute atomic E-state index is 0.150. The molecule has 0 saturated carbocycles. The molecule has 0 aliphatic heterocycles. The van der Waals surface area contributed by atoms with Crippen LogP contribution in [-0.4, -0.2) is 18.1 Å². The average Bonchev–Trinajstić information content (AvgIpc) is 2.80. The molecule has 1 aromatic heterocycles. The lowest BCUT2D eigenvalue weighted by atomic mass is 10.2. The van der Waals surface area contributed by atoms with E-state index >= 15 is 0 Å². The first-order valence-electron chi connectivity index (χ1n) is 5.63. The van der Waals surface area contributed by atoms with Crippen LogP contribution in [0.5, 0.6) is 0 Å². The lowest BCUT2D eigenvalue weighted by Crippen LogP contribution is -2.04. The van der Waals surface area contributed by atoms with Crippen molar-refractivity contribution in [3.63, 3.8) is 0 Å². The van der Waals surface area contributed by atoms with E-state index in [4.69, 9.17) is 0 Å². The van der Waals surface area contributed by atoms with Crippen LogP contribution in [0.4, 0.5) is 15.2 Å². The smallest absolute Gasteiger partial charge is 0.311 e. The number of nitrogens with one attached hydrogen (secondary N) is 1. The minimum atomic E-state index is -0.324. The lowest BCUT2D eigenvalue weighted by Gasteiger charge is -2.06. The van der Waals surface area contributed by atoms with Gasteiger partial charge in [0.1, 0.15) is 5.82 Å². The number of carbonyl (C=O) groups excluding carboxylic acids is 1. The van der Waals surface area contributed by atoms with Gasteiger partial charge in [0.15, 0.2) is 5.13 Å². The molecule has 0 atom stereocenters. The quantitative estimate of drug-likeness (QED) is 0.875. The molecule has 2 rings (SSSR count). The first kappa shape index (κ1) is 13.5. The summed E-state index contributed by atoms with van der Waals surface area (Å²) in [5, 5.41) is 5.55. The van der Waals surface area contributed by atoms with E-state index in [0.717, 1.165) is 11.3 Å². The van der Waals surface area contributed by atoms with E-state index < -0.39 is 0 Å². The summed E-state index contributed by atoms with van der Waals surface area (Å²) in [6, 6.07) is 4.50. The second-order valence-corrected chi connectivity index (χ2v) is 4.84. The number of hydrogen-bond acceptors (Lipinski definition) is 5. The molecule has 0 aliphatic carbocycles. The van der Waals surface area contributed by atoms with Crippen molar-refractivity contribution in [3.05, 3.63) is 40.7 Å². The van der Waals surface area contributed by atoms with Gasteiger partial charge >= 0.3 is 5.97 Å². The highest BCUT2D eigenvalue weighted by Gasteiger charge is 2.08. The van der Waals surface area contributed by atoms with Crippen LogP contribution in [0.2, 0.25) is 0 Å². The van der Waals surface area contributed by atoms with E-state index in [2.05, 4.69) is 15.0 Å². The Morgan fingerprint density at radius 1 is 1.53 bits per heavy atom. The summed E-state index contributed by atoms with van der Waals surface area (Å²) >= 11 is 1.39. The minimum Gasteiger partial charge on any atom is -0.469 e. The fraction of sp³-hybridized carbons (Fsp3) is 0.231. The fourth-order valence-corrected chi connectivity index (χ4v) is 2.27. The number of aryl methyl sites for hydroxylation is 1. The molecular weight excluding hydrogens is 267 g/mol. The van der Waals surface area contributed by atoms with Crippen molar-refractivity contribution in [3.8, 4) is 0 Å². The molecular formula is C13H13FN2O2S. The van der Waals surface area contributed by atoms with E-state index in [9.17, 15) is 9.18 Å². The third-order valence-electron chi connectivity index (χ3n) is 2.53. The van der Waals surface area contributed by atoms with E-state index in [-0.39, 0.29) is 18.2 Å². The van der Waals surface area contributed by atoms with Gasteiger partial charge < -0.3 is 10.1 Å². The number of rotatable bonds is 4. The summed E-state index contributed by atoms with van der Waals surface area (Å²) in [5.74, 6) is -0.594. The van der Waals surface area contributed by atoms with Crippen LogP contribution in [0.15, 0.2) is 23.6 Å². The topological polar surface area (TPSA) is 51.2 Å². The molecule has 0 saturated heterocycles. The number of benzene rings is 1. The largest absolute Gasteiger partial charge is 0.469 e. The van der Waals surface area contributed by atoms with Gasteiger partial charge in [0.05, 0.1) is 19.2 Å². The van der Waals surface area contributed by atoms with Crippen molar-refractivity contribution in [2.24, 2.45) is 0 Å². The molecule has 0 aliphatic rings. The van der Waals surface area contributed by atoms with Crippen molar-refractivity contribution in [1.82, 2.24) is 4.98 Å². The van der Waals surface area contributed by atoms with Gasteiger partial charge in [0, 0.05) is 11.1 Å². The number of halogens is 1. The predicted octanol–water partition coefficient (Wildman–Crippen LogP) is 3.05. The van der Waals surface area contributed by atoms with E-state index in [1.165, 1.54) is 30.6 Å². The van der Waals surface area contributed by atoms with Gasteiger partial charge in [-0.2, -0.15) is 0 Å². The Bertz CT molecular complexity index is 598. The molecule has 6 heteroatoms. The Balaban J connectivity index is 2.09. The molecule has 0 bridgehead atoms. The van der Waals surface area contributed by atoms with Gasteiger partial charge in [0.2, 0.25) is 0 Å². The maximum atomic E-state index is 13.0. The molecule has 0 radical (unpaired) electrons. The number of nitrogens with zero attached hydrogens (tertiary/aromatic N) is 1. The third-order valence-corrected chi connectivity index (χ3v) is 3.34. The second-order valence-electron chi connectivity index (χ2n) is 3.98. The van der Waals surface area contributed by atoms with Crippen molar-refractivity contribution < 1.29 is 13.9 Å². The Hall–Kier alpha value is -1.95. The number of ether oxygens (including phenoxy) is 1. The van der Waals surface area contributed by atoms with E-state index in [0.29, 0.717) is 10.8 Å². The molecule has 1 N–H and O–H groups in total. The lowest BCUT2D eigenvalue weighted by molar-refractivity contribution is -0.139. The highest BCUT2D eigenvalue weighted by Crippen LogP contribution is 2.24. The maximum Gasteiger partial charge on any atom is 0.311 e. The van der Waals surface area contributed by atoms with E-state index in [1.807, 2.05) is 6.92 Å². The van der Waals surface area contributed by atoms with Crippen molar-refractivity contribution in [1.29, 1.82) is 0 Å². The first-order valence-corrected chi connectivity index (χ1v) is 6.51. The molecule has 19 heavy (non-hydrogen) atoms. The summed E-state index contributed by atoms with van der Waals surface area (Å²) in [6.07, 6.45) is 0.150. The van der Waals surface area contributed by atoms with E-state index in [1.54, 1.807) is 11.4 Å². The Labute approximate surface area is 114 Å². The normalized spacial score (nSPS) is 10.3. The zero-order valence-electron chi connectivity index (χ0n) is 10.6. The summed E-state index contributed by atoms with van der Waals surface area (Å²) in [5.41, 5.74) is 2.24. The molecule has 0 fully saturated rings. The van der Waals surface area contributed by atoms with Crippen molar-refractivity contribution >= 4 is 28.1 Å². The molecule has 100 valence electrons. The summed E-state index contributed by atoms with van der Waals surface area (Å²) in [7, 11) is 1.34. The number of anilines is 2. The van der Waals surface area contributed by atoms with Crippen LogP contribution in [0.1, 0.15) is 11.3 Å². The standard InChI is InChI=1S/C13H13FN2O2S/c1-8-5-9(14)3-4-11(8)16-13-15-10(7-19-13)6-12(17)18-2/h3-5,7H,6H2,1-2H3,(H,15,16). The van der Waals surface area contributed by atoms with Crippen LogP contribution >= 0.6 is 11.3 Å². The van der Waals surface area contributed by atoms with Gasteiger partial charge in [-0.05, 0) is 30.7 Å². The second kappa shape index (κ2) is 5.79. The highest BCUT2D eigenvalue weighted by atomic mass is 32.1. The zero-order valence-corrected chi connectivity index (χ0v) is 11.4. The van der Waals surface area contributed by atoms with Gasteiger partial charge in [-0.3, -0.25) is 4.79 Å². The molecule has 2 aromatic rings. The Morgan fingerprint density at radius 2 is 2.32 bits per heavy atom. The van der Waals surface area contributed by atoms with Gasteiger partial charge in [0.25, 0.3) is 0 Å². The number of carbonyl (C=O) groups is 1. The SMILES string of the molecule is COC(=O)Cc1csc(Nc2ccc(F)cc2C)n1. The average molecular weight is 280 g/mol. The molecule has 1 aromatic carbocycles. The number of esters is 1. The predicted molar refractivity (Wildman–Crippen MR) is 72.3 cm³/mol. The van der Waals surface area contributed by atoms with Gasteiger partial charge in [-0.1, -0.05) is 0 Å². The first-order chi connectivity index (χ1) is 9.08. The van der Waals surface area contributed by atoms with Crippen LogP contribution in [0.3, 0.4) is 0 Å². The zero-order chi connectivity index (χ0) is 13.8.